The number of hydrogen-bond acceptors (Lipinski definition) is 5. The van der Waals surface area contributed by atoms with Gasteiger partial charge >= 0.3 is 0 Å². The predicted octanol–water partition coefficient (Wildman–Crippen LogP) is 3.72. The Hall–Kier alpha value is -2.12. The average Bonchev–Trinajstić information content (AvgIpc) is 3.25. The Morgan fingerprint density at radius 2 is 2.04 bits per heavy atom. The number of nitrogens with one attached hydrogen (secondary N) is 1. The highest BCUT2D eigenvalue weighted by molar-refractivity contribution is 7.99. The monoisotopic (exact) mass is 398 g/mol. The van der Waals surface area contributed by atoms with Crippen molar-refractivity contribution in [3.05, 3.63) is 64.1 Å². The molecule has 0 aliphatic heterocycles. The molecule has 1 N–H and O–H groups in total. The molecule has 1 aliphatic carbocycles. The molecule has 1 aromatic carbocycles. The SMILES string of the molecule is O=C(CSc1nnc(C2CC2)n1Cc1ccccc1)NCCc1cccs1. The van der Waals surface area contributed by atoms with Gasteiger partial charge in [0, 0.05) is 17.3 Å². The van der Waals surface area contributed by atoms with E-state index in [2.05, 4.69) is 43.7 Å². The van der Waals surface area contributed by atoms with Crippen LogP contribution in [0.15, 0.2) is 53.0 Å². The van der Waals surface area contributed by atoms with Crippen LogP contribution in [0.4, 0.5) is 0 Å². The molecule has 0 radical (unpaired) electrons. The first-order valence-corrected chi connectivity index (χ1v) is 11.0. The molecule has 4 rings (SSSR count). The predicted molar refractivity (Wildman–Crippen MR) is 109 cm³/mol. The molecular formula is C20H22N4OS2. The van der Waals surface area contributed by atoms with Crippen LogP contribution in [0.3, 0.4) is 0 Å². The lowest BCUT2D eigenvalue weighted by molar-refractivity contribution is -0.118. The maximum Gasteiger partial charge on any atom is 0.230 e. The Balaban J connectivity index is 1.34. The van der Waals surface area contributed by atoms with Crippen molar-refractivity contribution in [3.8, 4) is 0 Å². The lowest BCUT2D eigenvalue weighted by Gasteiger charge is -2.10. The fourth-order valence-electron chi connectivity index (χ4n) is 2.93. The van der Waals surface area contributed by atoms with E-state index in [0.29, 0.717) is 18.2 Å². The lowest BCUT2D eigenvalue weighted by atomic mass is 10.2. The molecule has 27 heavy (non-hydrogen) atoms. The second-order valence-corrected chi connectivity index (χ2v) is 8.63. The molecular weight excluding hydrogens is 376 g/mol. The number of hydrogen-bond donors (Lipinski definition) is 1. The fraction of sp³-hybridized carbons (Fsp3) is 0.350. The van der Waals surface area contributed by atoms with Crippen LogP contribution in [0.1, 0.15) is 35.0 Å². The molecule has 2 heterocycles. The minimum absolute atomic E-state index is 0.0405. The topological polar surface area (TPSA) is 59.8 Å². The van der Waals surface area contributed by atoms with Gasteiger partial charge in [0.25, 0.3) is 0 Å². The Kier molecular flexibility index (Phi) is 5.89. The number of thioether (sulfide) groups is 1. The zero-order valence-corrected chi connectivity index (χ0v) is 16.6. The number of aromatic nitrogens is 3. The molecule has 5 nitrogen and oxygen atoms in total. The van der Waals surface area contributed by atoms with Gasteiger partial charge in [-0.2, -0.15) is 0 Å². The highest BCUT2D eigenvalue weighted by Gasteiger charge is 2.30. The molecule has 3 aromatic rings. The van der Waals surface area contributed by atoms with Gasteiger partial charge in [-0.25, -0.2) is 0 Å². The van der Waals surface area contributed by atoms with Crippen LogP contribution in [0.2, 0.25) is 0 Å². The number of thiophene rings is 1. The Labute approximate surface area is 167 Å². The molecule has 0 bridgehead atoms. The van der Waals surface area contributed by atoms with E-state index in [9.17, 15) is 4.79 Å². The lowest BCUT2D eigenvalue weighted by Crippen LogP contribution is -2.27. The van der Waals surface area contributed by atoms with E-state index in [1.165, 1.54) is 35.0 Å². The van der Waals surface area contributed by atoms with E-state index >= 15 is 0 Å². The van der Waals surface area contributed by atoms with Gasteiger partial charge in [-0.1, -0.05) is 48.2 Å². The van der Waals surface area contributed by atoms with Crippen LogP contribution in [-0.2, 0) is 17.8 Å². The van der Waals surface area contributed by atoms with Gasteiger partial charge in [0.15, 0.2) is 5.16 Å². The second kappa shape index (κ2) is 8.71. The summed E-state index contributed by atoms with van der Waals surface area (Å²) in [5, 5.41) is 14.7. The minimum atomic E-state index is 0.0405. The third-order valence-electron chi connectivity index (χ3n) is 4.48. The number of nitrogens with zero attached hydrogens (tertiary/aromatic N) is 3. The molecule has 2 aromatic heterocycles. The standard InChI is InChI=1S/C20H22N4OS2/c25-18(21-11-10-17-7-4-12-26-17)14-27-20-23-22-19(16-8-9-16)24(20)13-15-5-2-1-3-6-15/h1-7,12,16H,8-11,13-14H2,(H,21,25). The highest BCUT2D eigenvalue weighted by atomic mass is 32.2. The fourth-order valence-corrected chi connectivity index (χ4v) is 4.41. The molecule has 1 aliphatic rings. The van der Waals surface area contributed by atoms with Crippen molar-refractivity contribution in [2.45, 2.75) is 36.9 Å². The van der Waals surface area contributed by atoms with Gasteiger partial charge in [0.2, 0.25) is 5.91 Å². The molecule has 140 valence electrons. The second-order valence-electron chi connectivity index (χ2n) is 6.65. The number of carbonyl (C=O) groups excluding carboxylic acids is 1. The van der Waals surface area contributed by atoms with Crippen LogP contribution in [0, 0.1) is 0 Å². The zero-order chi connectivity index (χ0) is 18.5. The van der Waals surface area contributed by atoms with Gasteiger partial charge in [0.05, 0.1) is 12.3 Å². The Morgan fingerprint density at radius 1 is 1.19 bits per heavy atom. The van der Waals surface area contributed by atoms with Crippen molar-refractivity contribution in [1.29, 1.82) is 0 Å². The maximum absolute atomic E-state index is 12.2. The van der Waals surface area contributed by atoms with E-state index in [1.807, 2.05) is 24.3 Å². The van der Waals surface area contributed by atoms with Crippen LogP contribution < -0.4 is 5.32 Å². The Morgan fingerprint density at radius 3 is 2.78 bits per heavy atom. The third-order valence-corrected chi connectivity index (χ3v) is 6.38. The molecule has 1 fully saturated rings. The number of carbonyl (C=O) groups is 1. The molecule has 1 amide bonds. The van der Waals surface area contributed by atoms with Crippen molar-refractivity contribution in [3.63, 3.8) is 0 Å². The summed E-state index contributed by atoms with van der Waals surface area (Å²) in [6.07, 6.45) is 3.24. The molecule has 0 spiro atoms. The van der Waals surface area contributed by atoms with Crippen molar-refractivity contribution in [1.82, 2.24) is 20.1 Å². The summed E-state index contributed by atoms with van der Waals surface area (Å²) in [7, 11) is 0. The number of amides is 1. The van der Waals surface area contributed by atoms with E-state index in [4.69, 9.17) is 0 Å². The van der Waals surface area contributed by atoms with E-state index in [0.717, 1.165) is 23.9 Å². The molecule has 0 saturated heterocycles. The molecule has 7 heteroatoms. The largest absolute Gasteiger partial charge is 0.355 e. The smallest absolute Gasteiger partial charge is 0.230 e. The summed E-state index contributed by atoms with van der Waals surface area (Å²) in [5.74, 6) is 1.98. The zero-order valence-electron chi connectivity index (χ0n) is 15.0. The van der Waals surface area contributed by atoms with Gasteiger partial charge in [-0.3, -0.25) is 4.79 Å². The first kappa shape index (κ1) is 18.3. The van der Waals surface area contributed by atoms with Crippen molar-refractivity contribution in [2.24, 2.45) is 0 Å². The van der Waals surface area contributed by atoms with Crippen LogP contribution in [0.5, 0.6) is 0 Å². The van der Waals surface area contributed by atoms with E-state index in [-0.39, 0.29) is 5.91 Å². The van der Waals surface area contributed by atoms with Gasteiger partial charge < -0.3 is 9.88 Å². The Bertz CT molecular complexity index is 873. The van der Waals surface area contributed by atoms with Crippen molar-refractivity contribution < 1.29 is 4.79 Å². The minimum Gasteiger partial charge on any atom is -0.355 e. The molecule has 0 unspecified atom stereocenters. The maximum atomic E-state index is 12.2. The van der Waals surface area contributed by atoms with E-state index in [1.54, 1.807) is 11.3 Å². The van der Waals surface area contributed by atoms with Crippen molar-refractivity contribution in [2.75, 3.05) is 12.3 Å². The van der Waals surface area contributed by atoms with E-state index < -0.39 is 0 Å². The first-order chi connectivity index (χ1) is 13.3. The summed E-state index contributed by atoms with van der Waals surface area (Å²) >= 11 is 3.19. The summed E-state index contributed by atoms with van der Waals surface area (Å²) in [5.41, 5.74) is 1.22. The summed E-state index contributed by atoms with van der Waals surface area (Å²) in [6, 6.07) is 14.5. The third kappa shape index (κ3) is 4.99. The average molecular weight is 399 g/mol. The quantitative estimate of drug-likeness (QED) is 0.558. The van der Waals surface area contributed by atoms with Gasteiger partial charge in [-0.15, -0.1) is 21.5 Å². The first-order valence-electron chi connectivity index (χ1n) is 9.18. The number of benzene rings is 1. The summed E-state index contributed by atoms with van der Waals surface area (Å²) < 4.78 is 2.18. The summed E-state index contributed by atoms with van der Waals surface area (Å²) in [4.78, 5) is 13.5. The van der Waals surface area contributed by atoms with Crippen molar-refractivity contribution >= 4 is 29.0 Å². The molecule has 0 atom stereocenters. The van der Waals surface area contributed by atoms with Gasteiger partial charge in [-0.05, 0) is 36.3 Å². The van der Waals surface area contributed by atoms with Crippen LogP contribution in [0.25, 0.3) is 0 Å². The number of rotatable bonds is 9. The summed E-state index contributed by atoms with van der Waals surface area (Å²) in [6.45, 7) is 1.42. The van der Waals surface area contributed by atoms with Crippen LogP contribution >= 0.6 is 23.1 Å². The van der Waals surface area contributed by atoms with Crippen LogP contribution in [-0.4, -0.2) is 33.0 Å². The normalized spacial score (nSPS) is 13.6. The van der Waals surface area contributed by atoms with Gasteiger partial charge in [0.1, 0.15) is 5.82 Å². The highest BCUT2D eigenvalue weighted by Crippen LogP contribution is 2.40. The molecule has 1 saturated carbocycles.